The van der Waals surface area contributed by atoms with E-state index in [-0.39, 0.29) is 17.5 Å². The molecule has 4 rings (SSSR count). The van der Waals surface area contributed by atoms with E-state index in [9.17, 15) is 19.7 Å². The Labute approximate surface area is 213 Å². The topological polar surface area (TPSA) is 95.8 Å². The van der Waals surface area contributed by atoms with Crippen LogP contribution in [0, 0.1) is 17.0 Å². The van der Waals surface area contributed by atoms with Crippen molar-refractivity contribution in [2.24, 2.45) is 0 Å². The van der Waals surface area contributed by atoms with E-state index >= 15 is 0 Å². The highest BCUT2D eigenvalue weighted by Crippen LogP contribution is 2.30. The monoisotopic (exact) mass is 504 g/mol. The number of aryl methyl sites for hydroxylation is 1. The van der Waals surface area contributed by atoms with Gasteiger partial charge in [0.05, 0.1) is 15.6 Å². The fraction of sp³-hybridized carbons (Fsp3) is 0.185. The Bertz CT molecular complexity index is 1330. The molecule has 0 spiro atoms. The lowest BCUT2D eigenvalue weighted by atomic mass is 10.1. The number of non-ortho nitro benzene ring substituents is 1. The SMILES string of the molecule is Cc1ccccc1C(=O)N1CCN(c2ccc(NC(=O)C=Cc3cccc([N+](=O)[O-])c3)cc2Cl)CC1. The van der Waals surface area contributed by atoms with Crippen LogP contribution in [0.25, 0.3) is 6.08 Å². The van der Waals surface area contributed by atoms with Crippen LogP contribution in [0.4, 0.5) is 17.1 Å². The summed E-state index contributed by atoms with van der Waals surface area (Å²) < 4.78 is 0. The zero-order valence-electron chi connectivity index (χ0n) is 19.7. The summed E-state index contributed by atoms with van der Waals surface area (Å²) in [6.45, 7) is 4.41. The number of amides is 2. The summed E-state index contributed by atoms with van der Waals surface area (Å²) >= 11 is 6.53. The smallest absolute Gasteiger partial charge is 0.270 e. The number of nitrogens with zero attached hydrogens (tertiary/aromatic N) is 3. The van der Waals surface area contributed by atoms with Gasteiger partial charge in [0, 0.05) is 55.6 Å². The number of nitrogens with one attached hydrogen (secondary N) is 1. The van der Waals surface area contributed by atoms with Gasteiger partial charge in [-0.2, -0.15) is 0 Å². The summed E-state index contributed by atoms with van der Waals surface area (Å²) in [6, 6.07) is 18.9. The third kappa shape index (κ3) is 5.90. The van der Waals surface area contributed by atoms with Gasteiger partial charge in [0.2, 0.25) is 5.91 Å². The maximum atomic E-state index is 12.9. The van der Waals surface area contributed by atoms with Crippen molar-refractivity contribution in [3.8, 4) is 0 Å². The molecule has 1 N–H and O–H groups in total. The molecule has 8 nitrogen and oxygen atoms in total. The van der Waals surface area contributed by atoms with Gasteiger partial charge in [-0.25, -0.2) is 0 Å². The molecule has 3 aromatic rings. The molecule has 0 saturated carbocycles. The van der Waals surface area contributed by atoms with Crippen molar-refractivity contribution in [1.29, 1.82) is 0 Å². The van der Waals surface area contributed by atoms with Gasteiger partial charge in [-0.15, -0.1) is 0 Å². The molecule has 0 unspecified atom stereocenters. The molecule has 0 aromatic heterocycles. The summed E-state index contributed by atoms with van der Waals surface area (Å²) in [4.78, 5) is 39.6. The quantitative estimate of drug-likeness (QED) is 0.284. The molecule has 1 saturated heterocycles. The van der Waals surface area contributed by atoms with Crippen LogP contribution in [0.15, 0.2) is 72.8 Å². The second-order valence-electron chi connectivity index (χ2n) is 8.44. The molecular formula is C27H25ClN4O4. The molecule has 0 radical (unpaired) electrons. The van der Waals surface area contributed by atoms with Gasteiger partial charge in [-0.05, 0) is 48.4 Å². The lowest BCUT2D eigenvalue weighted by Gasteiger charge is -2.36. The molecule has 36 heavy (non-hydrogen) atoms. The molecular weight excluding hydrogens is 480 g/mol. The van der Waals surface area contributed by atoms with Crippen LogP contribution >= 0.6 is 11.6 Å². The van der Waals surface area contributed by atoms with E-state index in [1.165, 1.54) is 24.3 Å². The zero-order valence-corrected chi connectivity index (χ0v) is 20.4. The lowest BCUT2D eigenvalue weighted by Crippen LogP contribution is -2.49. The Morgan fingerprint density at radius 2 is 1.75 bits per heavy atom. The minimum absolute atomic E-state index is 0.0371. The van der Waals surface area contributed by atoms with Crippen LogP contribution < -0.4 is 10.2 Å². The number of carbonyl (C=O) groups is 2. The number of piperazine rings is 1. The van der Waals surface area contributed by atoms with Crippen molar-refractivity contribution in [3.05, 3.63) is 105 Å². The first-order valence-corrected chi connectivity index (χ1v) is 11.8. The zero-order chi connectivity index (χ0) is 25.7. The van der Waals surface area contributed by atoms with Gasteiger partial charge in [0.1, 0.15) is 0 Å². The maximum absolute atomic E-state index is 12.9. The first-order valence-electron chi connectivity index (χ1n) is 11.4. The van der Waals surface area contributed by atoms with Gasteiger partial charge in [-0.3, -0.25) is 19.7 Å². The van der Waals surface area contributed by atoms with Crippen molar-refractivity contribution in [1.82, 2.24) is 4.90 Å². The van der Waals surface area contributed by atoms with Crippen LogP contribution in [0.1, 0.15) is 21.5 Å². The molecule has 2 amide bonds. The molecule has 184 valence electrons. The maximum Gasteiger partial charge on any atom is 0.270 e. The second kappa shape index (κ2) is 11.0. The average Bonchev–Trinajstić information content (AvgIpc) is 2.88. The summed E-state index contributed by atoms with van der Waals surface area (Å²) in [5, 5.41) is 14.1. The van der Waals surface area contributed by atoms with Crippen molar-refractivity contribution >= 4 is 46.6 Å². The third-order valence-electron chi connectivity index (χ3n) is 6.01. The van der Waals surface area contributed by atoms with E-state index in [1.807, 2.05) is 42.2 Å². The van der Waals surface area contributed by atoms with Crippen LogP contribution in [-0.4, -0.2) is 47.8 Å². The molecule has 1 fully saturated rings. The van der Waals surface area contributed by atoms with E-state index < -0.39 is 4.92 Å². The van der Waals surface area contributed by atoms with Crippen LogP contribution in [0.3, 0.4) is 0 Å². The second-order valence-corrected chi connectivity index (χ2v) is 8.84. The largest absolute Gasteiger partial charge is 0.367 e. The van der Waals surface area contributed by atoms with Gasteiger partial charge >= 0.3 is 0 Å². The van der Waals surface area contributed by atoms with E-state index in [0.29, 0.717) is 42.5 Å². The average molecular weight is 505 g/mol. The molecule has 0 bridgehead atoms. The fourth-order valence-corrected chi connectivity index (χ4v) is 4.37. The number of benzene rings is 3. The highest BCUT2D eigenvalue weighted by Gasteiger charge is 2.24. The highest BCUT2D eigenvalue weighted by atomic mass is 35.5. The van der Waals surface area contributed by atoms with E-state index in [1.54, 1.807) is 24.3 Å². The molecule has 1 heterocycles. The normalized spacial score (nSPS) is 13.6. The number of carbonyl (C=O) groups excluding carboxylic acids is 2. The Morgan fingerprint density at radius 1 is 1.00 bits per heavy atom. The van der Waals surface area contributed by atoms with Crippen LogP contribution in [0.2, 0.25) is 5.02 Å². The predicted octanol–water partition coefficient (Wildman–Crippen LogP) is 5.17. The third-order valence-corrected chi connectivity index (χ3v) is 6.31. The molecule has 0 atom stereocenters. The number of anilines is 2. The van der Waals surface area contributed by atoms with Crippen LogP contribution in [-0.2, 0) is 4.79 Å². The van der Waals surface area contributed by atoms with Crippen molar-refractivity contribution in [2.45, 2.75) is 6.92 Å². The van der Waals surface area contributed by atoms with Crippen molar-refractivity contribution in [3.63, 3.8) is 0 Å². The number of hydrogen-bond donors (Lipinski definition) is 1. The Balaban J connectivity index is 1.35. The van der Waals surface area contributed by atoms with E-state index in [4.69, 9.17) is 11.6 Å². The number of nitro benzene ring substituents is 1. The van der Waals surface area contributed by atoms with Crippen molar-refractivity contribution < 1.29 is 14.5 Å². The fourth-order valence-electron chi connectivity index (χ4n) is 4.07. The van der Waals surface area contributed by atoms with E-state index in [2.05, 4.69) is 10.2 Å². The Morgan fingerprint density at radius 3 is 2.44 bits per heavy atom. The molecule has 1 aliphatic rings. The van der Waals surface area contributed by atoms with Crippen molar-refractivity contribution in [2.75, 3.05) is 36.4 Å². The van der Waals surface area contributed by atoms with Gasteiger partial charge in [0.15, 0.2) is 0 Å². The molecule has 9 heteroatoms. The highest BCUT2D eigenvalue weighted by molar-refractivity contribution is 6.33. The standard InChI is InChI=1S/C27H25ClN4O4/c1-19-5-2-3-8-23(19)27(34)31-15-13-30(14-16-31)25-11-10-21(18-24(25)28)29-26(33)12-9-20-6-4-7-22(17-20)32(35)36/h2-12,17-18H,13-16H2,1H3,(H,29,33). The van der Waals surface area contributed by atoms with Gasteiger partial charge in [0.25, 0.3) is 11.6 Å². The summed E-state index contributed by atoms with van der Waals surface area (Å²) in [5.74, 6) is -0.344. The van der Waals surface area contributed by atoms with Crippen LogP contribution in [0.5, 0.6) is 0 Å². The summed E-state index contributed by atoms with van der Waals surface area (Å²) in [7, 11) is 0. The molecule has 3 aromatic carbocycles. The first-order chi connectivity index (χ1) is 17.3. The molecule has 0 aliphatic carbocycles. The lowest BCUT2D eigenvalue weighted by molar-refractivity contribution is -0.384. The van der Waals surface area contributed by atoms with Gasteiger partial charge < -0.3 is 15.1 Å². The minimum atomic E-state index is -0.483. The first kappa shape index (κ1) is 24.9. The molecule has 1 aliphatic heterocycles. The van der Waals surface area contributed by atoms with E-state index in [0.717, 1.165) is 16.8 Å². The number of nitro groups is 1. The Hall–Kier alpha value is -4.17. The summed E-state index contributed by atoms with van der Waals surface area (Å²) in [6.07, 6.45) is 2.82. The predicted molar refractivity (Wildman–Crippen MR) is 142 cm³/mol. The van der Waals surface area contributed by atoms with Gasteiger partial charge in [-0.1, -0.05) is 41.9 Å². The number of rotatable bonds is 6. The minimum Gasteiger partial charge on any atom is -0.367 e. The number of halogens is 1. The summed E-state index contributed by atoms with van der Waals surface area (Å²) in [5.41, 5.74) is 3.57. The number of hydrogen-bond acceptors (Lipinski definition) is 5. The Kier molecular flexibility index (Phi) is 7.65.